The maximum atomic E-state index is 17.4. The van der Waals surface area contributed by atoms with Gasteiger partial charge >= 0.3 is 457 Å². The Morgan fingerprint density at radius 3 is 1.22 bits per heavy atom. The van der Waals surface area contributed by atoms with Crippen LogP contribution in [-0.2, 0) is 12.8 Å². The average Bonchev–Trinajstić information content (AvgIpc) is 3.22. The molecule has 3 aromatic carbocycles. The van der Waals surface area contributed by atoms with Gasteiger partial charge in [0.25, 0.3) is 0 Å². The molecule has 0 radical (unpaired) electrons. The first kappa shape index (κ1) is 59.8. The first-order valence-electron chi connectivity index (χ1n) is 29.8. The van der Waals surface area contributed by atoms with Crippen LogP contribution in [0, 0.1) is 23.5 Å². The van der Waals surface area contributed by atoms with Crippen molar-refractivity contribution in [1.82, 2.24) is 15.9 Å². The van der Waals surface area contributed by atoms with Crippen molar-refractivity contribution in [3.8, 4) is 72.8 Å². The van der Waals surface area contributed by atoms with Gasteiger partial charge in [0.2, 0.25) is 0 Å². The van der Waals surface area contributed by atoms with Crippen LogP contribution in [0.2, 0.25) is 0 Å². The molecule has 8 aromatic heterocycles. The molecule has 2 atom stereocenters. The molecule has 0 saturated carbocycles. The molecule has 0 N–H and O–H groups in total. The van der Waals surface area contributed by atoms with Crippen LogP contribution in [0.4, 0.5) is 8.78 Å². The Labute approximate surface area is 518 Å². The van der Waals surface area contributed by atoms with Crippen LogP contribution in [0.3, 0.4) is 0 Å². The molecule has 0 fully saturated rings. The third-order valence-corrected chi connectivity index (χ3v) is 25.4. The number of rotatable bonds is 30. The van der Waals surface area contributed by atoms with Gasteiger partial charge in [-0.15, -0.1) is 0 Å². The zero-order valence-electron chi connectivity index (χ0n) is 47.9. The SMILES string of the molecule is CCCCCCc1ccc(-c2ccc(-c3cc(F)c(-c4cc5c(OCC(CC)CCCC)c6sc(-c7c(F)cc(-c8ccc(-c9ccc(CCCCCC)s9)s8)c8n[se]nc78)cc6c(OCC(CC)CCCC)c5s4)c4n[se]nc34)s2)s1. The molecule has 0 spiro atoms. The molecular weight excluding hydrogens is 1270 g/mol. The fourth-order valence-electron chi connectivity index (χ4n) is 11.1. The monoisotopic (exact) mass is 1340 g/mol. The zero-order chi connectivity index (χ0) is 56.7. The van der Waals surface area contributed by atoms with E-state index in [1.807, 2.05) is 22.7 Å². The van der Waals surface area contributed by atoms with Crippen molar-refractivity contribution < 1.29 is 18.3 Å². The van der Waals surface area contributed by atoms with Gasteiger partial charge in [-0.3, -0.25) is 0 Å². The van der Waals surface area contributed by atoms with E-state index in [0.29, 0.717) is 47.2 Å². The molecule has 11 aromatic rings. The van der Waals surface area contributed by atoms with E-state index in [2.05, 4.69) is 102 Å². The quantitative estimate of drug-likeness (QED) is 0.0330. The van der Waals surface area contributed by atoms with Crippen molar-refractivity contribution in [2.75, 3.05) is 13.2 Å². The van der Waals surface area contributed by atoms with Crippen LogP contribution >= 0.6 is 68.0 Å². The third kappa shape index (κ3) is 12.9. The molecule has 6 nitrogen and oxygen atoms in total. The predicted molar refractivity (Wildman–Crippen MR) is 355 cm³/mol. The molecule has 2 unspecified atom stereocenters. The summed E-state index contributed by atoms with van der Waals surface area (Å²) < 4.78 is 71.0. The van der Waals surface area contributed by atoms with Crippen LogP contribution in [0.25, 0.3) is 104 Å². The summed E-state index contributed by atoms with van der Waals surface area (Å²) in [6, 6.07) is 25.2. The molecule has 11 rings (SSSR count). The van der Waals surface area contributed by atoms with Gasteiger partial charge in [-0.2, -0.15) is 0 Å². The van der Waals surface area contributed by atoms with E-state index in [1.165, 1.54) is 103 Å². The second-order valence-corrected chi connectivity index (χ2v) is 30.6. The molecule has 0 saturated heterocycles. The number of aromatic nitrogens is 4. The second kappa shape index (κ2) is 28.1. The molecule has 430 valence electrons. The standard InChI is InChI=1S/C66H72F2N4O2S6Se2/c1-7-13-17-19-23-41-25-27-51(75-41)53-31-29-49(77-53)43-33-47(67)57(61-59(43)69-81-71-61)55-35-45-63(73-37-39(11-5)21-15-9-3)66-46(64(65(45)79-55)74-38-40(12-6)22-16-10-4)36-56(80-66)58-48(68)34-44(60-62(58)72-82-70-60)50-30-32-54(78-50)52-28-26-42(76-52)24-20-18-14-8-2/h25-36,39-40H,7-24,37-38H2,1-6H3. The van der Waals surface area contributed by atoms with Gasteiger partial charge in [-0.1, -0.05) is 66.2 Å². The van der Waals surface area contributed by atoms with Crippen molar-refractivity contribution >= 4 is 140 Å². The summed E-state index contributed by atoms with van der Waals surface area (Å²) in [5.41, 5.74) is 5.26. The van der Waals surface area contributed by atoms with Gasteiger partial charge in [0.15, 0.2) is 0 Å². The summed E-state index contributed by atoms with van der Waals surface area (Å²) in [4.78, 5) is 11.2. The second-order valence-electron chi connectivity index (χ2n) is 21.8. The summed E-state index contributed by atoms with van der Waals surface area (Å²) in [7, 11) is 0. The van der Waals surface area contributed by atoms with Gasteiger partial charge in [0, 0.05) is 0 Å². The number of fused-ring (bicyclic) bond motifs is 4. The van der Waals surface area contributed by atoms with E-state index < -0.39 is 29.9 Å². The Morgan fingerprint density at radius 2 is 0.805 bits per heavy atom. The molecule has 16 heteroatoms. The van der Waals surface area contributed by atoms with Crippen LogP contribution in [0.1, 0.15) is 154 Å². The molecule has 0 aliphatic rings. The fourth-order valence-corrected chi connectivity index (χ4v) is 20.2. The summed E-state index contributed by atoms with van der Waals surface area (Å²) in [6.45, 7) is 14.5. The van der Waals surface area contributed by atoms with E-state index in [-0.39, 0.29) is 11.6 Å². The molecule has 0 aliphatic heterocycles. The number of halogens is 2. The molecule has 0 amide bonds. The van der Waals surface area contributed by atoms with E-state index >= 15 is 8.78 Å². The Kier molecular flexibility index (Phi) is 20.5. The van der Waals surface area contributed by atoms with Crippen molar-refractivity contribution in [1.29, 1.82) is 0 Å². The minimum atomic E-state index is -0.414. The van der Waals surface area contributed by atoms with Crippen LogP contribution in [0.15, 0.2) is 72.8 Å². The van der Waals surface area contributed by atoms with E-state index in [0.717, 1.165) is 138 Å². The summed E-state index contributed by atoms with van der Waals surface area (Å²) in [5.74, 6) is 1.52. The zero-order valence-corrected chi connectivity index (χ0v) is 56.2. The number of unbranched alkanes of at least 4 members (excludes halogenated alkanes) is 8. The van der Waals surface area contributed by atoms with Gasteiger partial charge in [0.1, 0.15) is 0 Å². The number of benzene rings is 3. The minimum absolute atomic E-state index is 0.321. The van der Waals surface area contributed by atoms with Gasteiger partial charge < -0.3 is 0 Å². The van der Waals surface area contributed by atoms with E-state index in [1.54, 1.807) is 34.8 Å². The number of thiophene rings is 6. The predicted octanol–water partition coefficient (Wildman–Crippen LogP) is 22.1. The summed E-state index contributed by atoms with van der Waals surface area (Å²) in [6.07, 6.45) is 20.8. The van der Waals surface area contributed by atoms with Crippen molar-refractivity contribution in [3.05, 3.63) is 94.2 Å². The third-order valence-electron chi connectivity index (χ3n) is 16.0. The Hall–Kier alpha value is -3.92. The first-order chi connectivity index (χ1) is 40.2. The number of aryl methyl sites for hydroxylation is 2. The molecule has 82 heavy (non-hydrogen) atoms. The molecule has 8 heterocycles. The van der Waals surface area contributed by atoms with E-state index in [4.69, 9.17) is 25.4 Å². The normalized spacial score (nSPS) is 12.8. The average molecular weight is 1340 g/mol. The van der Waals surface area contributed by atoms with Crippen LogP contribution < -0.4 is 9.47 Å². The molecule has 0 aliphatic carbocycles. The topological polar surface area (TPSA) is 70.0 Å². The number of hydrogen-bond donors (Lipinski definition) is 0. The Morgan fingerprint density at radius 1 is 0.415 bits per heavy atom. The van der Waals surface area contributed by atoms with Crippen LogP contribution in [-0.4, -0.2) is 59.1 Å². The summed E-state index contributed by atoms with van der Waals surface area (Å²) in [5, 5.41) is 1.74. The number of hydrogen-bond acceptors (Lipinski definition) is 12. The Bertz CT molecular complexity index is 3610. The van der Waals surface area contributed by atoms with Gasteiger partial charge in [-0.05, 0) is 0 Å². The number of ether oxygens (including phenoxy) is 2. The summed E-state index contributed by atoms with van der Waals surface area (Å²) >= 11 is 9.36. The molecular formula is C66H72F2N4O2S6Se2. The fraction of sp³-hybridized carbons (Fsp3) is 0.424. The first-order valence-corrected chi connectivity index (χ1v) is 37.8. The maximum absolute atomic E-state index is 17.4. The van der Waals surface area contributed by atoms with Crippen LogP contribution in [0.5, 0.6) is 11.5 Å². The van der Waals surface area contributed by atoms with Crippen molar-refractivity contribution in [2.24, 2.45) is 11.8 Å². The van der Waals surface area contributed by atoms with Gasteiger partial charge in [-0.25, -0.2) is 0 Å². The van der Waals surface area contributed by atoms with Crippen molar-refractivity contribution in [3.63, 3.8) is 0 Å². The van der Waals surface area contributed by atoms with E-state index in [9.17, 15) is 0 Å². The molecule has 0 bridgehead atoms. The van der Waals surface area contributed by atoms with Crippen molar-refractivity contribution in [2.45, 2.75) is 157 Å². The van der Waals surface area contributed by atoms with Gasteiger partial charge in [0.05, 0.1) is 0 Å². The Balaban J connectivity index is 1.01. The number of nitrogens with zero attached hydrogens (tertiary/aromatic N) is 4.